The second-order valence-electron chi connectivity index (χ2n) is 4.31. The summed E-state index contributed by atoms with van der Waals surface area (Å²) in [6, 6.07) is 6.39. The van der Waals surface area contributed by atoms with E-state index in [4.69, 9.17) is 14.6 Å². The van der Waals surface area contributed by atoms with Crippen molar-refractivity contribution in [1.29, 1.82) is 0 Å². The molecule has 0 saturated heterocycles. The van der Waals surface area contributed by atoms with Gasteiger partial charge in [-0.15, -0.1) is 0 Å². The summed E-state index contributed by atoms with van der Waals surface area (Å²) in [4.78, 5) is 0. The van der Waals surface area contributed by atoms with Crippen LogP contribution in [0.25, 0.3) is 0 Å². The Balaban J connectivity index is 2.07. The van der Waals surface area contributed by atoms with E-state index in [1.54, 1.807) is 11.8 Å². The molecule has 1 aliphatic heterocycles. The molecule has 0 amide bonds. The average molecular weight is 283 g/mol. The van der Waals surface area contributed by atoms with Crippen molar-refractivity contribution < 1.29 is 14.6 Å². The molecular formula is C14H21NO3S. The molecule has 0 radical (unpaired) electrons. The lowest BCUT2D eigenvalue weighted by molar-refractivity contribution is 0.171. The third kappa shape index (κ3) is 4.03. The molecule has 2 N–H and O–H groups in total. The van der Waals surface area contributed by atoms with Crippen LogP contribution < -0.4 is 14.8 Å². The highest BCUT2D eigenvalue weighted by Crippen LogP contribution is 2.33. The van der Waals surface area contributed by atoms with Crippen molar-refractivity contribution in [2.24, 2.45) is 0 Å². The molecule has 0 fully saturated rings. The predicted molar refractivity (Wildman–Crippen MR) is 78.3 cm³/mol. The molecule has 1 heterocycles. The van der Waals surface area contributed by atoms with Crippen LogP contribution in [0.4, 0.5) is 0 Å². The van der Waals surface area contributed by atoms with E-state index in [9.17, 15) is 0 Å². The maximum Gasteiger partial charge on any atom is 0.161 e. The van der Waals surface area contributed by atoms with E-state index >= 15 is 0 Å². The number of thioether (sulfide) groups is 1. The molecule has 106 valence electrons. The number of fused-ring (bicyclic) bond motifs is 1. The number of rotatable bonds is 7. The summed E-state index contributed by atoms with van der Waals surface area (Å²) in [6.45, 7) is 4.47. The van der Waals surface area contributed by atoms with Gasteiger partial charge in [0.05, 0.1) is 6.61 Å². The molecule has 1 unspecified atom stereocenters. The highest BCUT2D eigenvalue weighted by molar-refractivity contribution is 7.99. The van der Waals surface area contributed by atoms with Crippen molar-refractivity contribution >= 4 is 11.8 Å². The van der Waals surface area contributed by atoms with Gasteiger partial charge >= 0.3 is 0 Å². The monoisotopic (exact) mass is 283 g/mol. The number of ether oxygens (including phenoxy) is 2. The van der Waals surface area contributed by atoms with Crippen LogP contribution in [0.2, 0.25) is 0 Å². The minimum atomic E-state index is 0.227. The average Bonchev–Trinajstić information content (AvgIpc) is 2.46. The summed E-state index contributed by atoms with van der Waals surface area (Å²) in [5.74, 6) is 3.37. The molecule has 2 rings (SSSR count). The van der Waals surface area contributed by atoms with Crippen LogP contribution in [0.3, 0.4) is 0 Å². The molecule has 1 atom stereocenters. The van der Waals surface area contributed by atoms with Gasteiger partial charge < -0.3 is 19.9 Å². The molecule has 0 bridgehead atoms. The van der Waals surface area contributed by atoms with Gasteiger partial charge in [-0.25, -0.2) is 0 Å². The van der Waals surface area contributed by atoms with E-state index in [1.807, 2.05) is 6.07 Å². The van der Waals surface area contributed by atoms with Crippen LogP contribution in [0.5, 0.6) is 11.5 Å². The normalized spacial score (nSPS) is 15.3. The zero-order valence-corrected chi connectivity index (χ0v) is 12.0. The Hall–Kier alpha value is -0.910. The SMILES string of the molecule is CCNC(CSCCO)c1ccc2c(c1)OCCO2. The zero-order chi connectivity index (χ0) is 13.5. The highest BCUT2D eigenvalue weighted by Gasteiger charge is 2.16. The molecule has 4 nitrogen and oxygen atoms in total. The molecule has 5 heteroatoms. The first-order valence-corrected chi connectivity index (χ1v) is 7.82. The van der Waals surface area contributed by atoms with Crippen LogP contribution in [-0.4, -0.2) is 43.0 Å². The van der Waals surface area contributed by atoms with Crippen molar-refractivity contribution in [2.75, 3.05) is 37.9 Å². The minimum absolute atomic E-state index is 0.227. The van der Waals surface area contributed by atoms with Crippen LogP contribution in [0.15, 0.2) is 18.2 Å². The maximum atomic E-state index is 8.86. The molecule has 0 saturated carbocycles. The molecule has 1 aromatic rings. The second kappa shape index (κ2) is 7.62. The smallest absolute Gasteiger partial charge is 0.161 e. The third-order valence-electron chi connectivity index (χ3n) is 2.94. The molecule has 0 spiro atoms. The fraction of sp³-hybridized carbons (Fsp3) is 0.571. The molecule has 1 aliphatic rings. The largest absolute Gasteiger partial charge is 0.486 e. The molecule has 19 heavy (non-hydrogen) atoms. The maximum absolute atomic E-state index is 8.86. The lowest BCUT2D eigenvalue weighted by Gasteiger charge is -2.22. The Kier molecular flexibility index (Phi) is 5.82. The van der Waals surface area contributed by atoms with Crippen molar-refractivity contribution in [1.82, 2.24) is 5.32 Å². The van der Waals surface area contributed by atoms with E-state index in [-0.39, 0.29) is 12.6 Å². The number of nitrogens with one attached hydrogen (secondary N) is 1. The molecule has 0 aliphatic carbocycles. The standard InChI is InChI=1S/C14H21NO3S/c1-2-15-12(10-19-8-5-16)11-3-4-13-14(9-11)18-7-6-17-13/h3-4,9,12,15-16H,2,5-8,10H2,1H3. The van der Waals surface area contributed by atoms with Gasteiger partial charge in [0.1, 0.15) is 13.2 Å². The number of aliphatic hydroxyl groups is 1. The van der Waals surface area contributed by atoms with Gasteiger partial charge in [-0.05, 0) is 24.2 Å². The first-order chi connectivity index (χ1) is 9.35. The van der Waals surface area contributed by atoms with Gasteiger partial charge in [0, 0.05) is 17.5 Å². The fourth-order valence-corrected chi connectivity index (χ4v) is 2.90. The topological polar surface area (TPSA) is 50.7 Å². The van der Waals surface area contributed by atoms with E-state index in [0.29, 0.717) is 13.2 Å². The van der Waals surface area contributed by atoms with Crippen molar-refractivity contribution in [3.63, 3.8) is 0 Å². The summed E-state index contributed by atoms with van der Waals surface area (Å²) in [5, 5.41) is 12.3. The quantitative estimate of drug-likeness (QED) is 0.748. The van der Waals surface area contributed by atoms with Crippen molar-refractivity contribution in [3.05, 3.63) is 23.8 Å². The Morgan fingerprint density at radius 1 is 1.32 bits per heavy atom. The Labute approximate surface area is 118 Å². The molecular weight excluding hydrogens is 262 g/mol. The summed E-state index contributed by atoms with van der Waals surface area (Å²) in [5.41, 5.74) is 1.21. The summed E-state index contributed by atoms with van der Waals surface area (Å²) >= 11 is 1.75. The van der Waals surface area contributed by atoms with Gasteiger partial charge in [-0.1, -0.05) is 13.0 Å². The van der Waals surface area contributed by atoms with Crippen LogP contribution in [0, 0.1) is 0 Å². The highest BCUT2D eigenvalue weighted by atomic mass is 32.2. The molecule has 0 aromatic heterocycles. The van der Waals surface area contributed by atoms with Gasteiger partial charge in [0.15, 0.2) is 11.5 Å². The summed E-state index contributed by atoms with van der Waals surface area (Å²) in [6.07, 6.45) is 0. The number of hydrogen-bond donors (Lipinski definition) is 2. The van der Waals surface area contributed by atoms with Gasteiger partial charge in [-0.3, -0.25) is 0 Å². The number of hydrogen-bond acceptors (Lipinski definition) is 5. The van der Waals surface area contributed by atoms with Crippen LogP contribution >= 0.6 is 11.8 Å². The Bertz CT molecular complexity index is 400. The summed E-state index contributed by atoms with van der Waals surface area (Å²) in [7, 11) is 0. The Morgan fingerprint density at radius 2 is 2.11 bits per heavy atom. The second-order valence-corrected chi connectivity index (χ2v) is 5.46. The Morgan fingerprint density at radius 3 is 2.84 bits per heavy atom. The van der Waals surface area contributed by atoms with E-state index in [0.717, 1.165) is 29.5 Å². The predicted octanol–water partition coefficient (Wildman–Crippen LogP) is 1.83. The zero-order valence-electron chi connectivity index (χ0n) is 11.2. The minimum Gasteiger partial charge on any atom is -0.486 e. The lowest BCUT2D eigenvalue weighted by atomic mass is 10.1. The van der Waals surface area contributed by atoms with E-state index < -0.39 is 0 Å². The van der Waals surface area contributed by atoms with Gasteiger partial charge in [0.2, 0.25) is 0 Å². The molecule has 1 aromatic carbocycles. The first-order valence-electron chi connectivity index (χ1n) is 6.66. The first kappa shape index (κ1) is 14.5. The van der Waals surface area contributed by atoms with Crippen molar-refractivity contribution in [2.45, 2.75) is 13.0 Å². The number of aliphatic hydroxyl groups excluding tert-OH is 1. The van der Waals surface area contributed by atoms with Gasteiger partial charge in [0.25, 0.3) is 0 Å². The van der Waals surface area contributed by atoms with Crippen molar-refractivity contribution in [3.8, 4) is 11.5 Å². The fourth-order valence-electron chi connectivity index (χ4n) is 2.06. The number of benzene rings is 1. The van der Waals surface area contributed by atoms with Gasteiger partial charge in [-0.2, -0.15) is 11.8 Å². The lowest BCUT2D eigenvalue weighted by Crippen LogP contribution is -2.24. The van der Waals surface area contributed by atoms with E-state index in [2.05, 4.69) is 24.4 Å². The van der Waals surface area contributed by atoms with Crippen LogP contribution in [0.1, 0.15) is 18.5 Å². The van der Waals surface area contributed by atoms with Crippen LogP contribution in [-0.2, 0) is 0 Å². The van der Waals surface area contributed by atoms with E-state index in [1.165, 1.54) is 5.56 Å². The summed E-state index contributed by atoms with van der Waals surface area (Å²) < 4.78 is 11.2. The third-order valence-corrected chi connectivity index (χ3v) is 3.98.